The number of rotatable bonds is 7. The summed E-state index contributed by atoms with van der Waals surface area (Å²) in [6, 6.07) is 8.38. The molecule has 33 heavy (non-hydrogen) atoms. The summed E-state index contributed by atoms with van der Waals surface area (Å²) in [6.45, 7) is 0. The Morgan fingerprint density at radius 2 is 1.88 bits per heavy atom. The third-order valence-electron chi connectivity index (χ3n) is 5.31. The number of halogens is 3. The largest absolute Gasteiger partial charge is 0.416 e. The van der Waals surface area contributed by atoms with Crippen LogP contribution in [0.5, 0.6) is 0 Å². The van der Waals surface area contributed by atoms with E-state index in [0.29, 0.717) is 9.47 Å². The minimum atomic E-state index is -4.48. The van der Waals surface area contributed by atoms with Crippen molar-refractivity contribution in [3.8, 4) is 0 Å². The first-order valence-electron chi connectivity index (χ1n) is 10.1. The highest BCUT2D eigenvalue weighted by molar-refractivity contribution is 8.01. The number of benzene rings is 1. The Morgan fingerprint density at radius 3 is 2.58 bits per heavy atom. The molecule has 0 spiro atoms. The van der Waals surface area contributed by atoms with E-state index in [9.17, 15) is 22.8 Å². The zero-order chi connectivity index (χ0) is 23.5. The van der Waals surface area contributed by atoms with E-state index in [-0.39, 0.29) is 17.3 Å². The Morgan fingerprint density at radius 1 is 1.09 bits per heavy atom. The van der Waals surface area contributed by atoms with E-state index in [2.05, 4.69) is 20.8 Å². The van der Waals surface area contributed by atoms with Crippen molar-refractivity contribution in [3.63, 3.8) is 0 Å². The van der Waals surface area contributed by atoms with Crippen LogP contribution < -0.4 is 10.6 Å². The summed E-state index contributed by atoms with van der Waals surface area (Å²) in [5.74, 6) is -0.627. The van der Waals surface area contributed by atoms with Gasteiger partial charge in [-0.25, -0.2) is 0 Å². The molecule has 1 aliphatic carbocycles. The van der Waals surface area contributed by atoms with E-state index in [1.165, 1.54) is 12.1 Å². The van der Waals surface area contributed by atoms with Crippen molar-refractivity contribution >= 4 is 57.1 Å². The molecule has 0 atom stereocenters. The number of hydrogen-bond donors (Lipinski definition) is 2. The maximum atomic E-state index is 13.1. The highest BCUT2D eigenvalue weighted by Crippen LogP contribution is 2.44. The van der Waals surface area contributed by atoms with Gasteiger partial charge in [-0.05, 0) is 42.5 Å². The first kappa shape index (κ1) is 23.7. The molecule has 174 valence electrons. The van der Waals surface area contributed by atoms with Crippen LogP contribution in [0.25, 0.3) is 0 Å². The van der Waals surface area contributed by atoms with Crippen molar-refractivity contribution in [2.75, 3.05) is 16.4 Å². The highest BCUT2D eigenvalue weighted by Gasteiger charge is 2.43. The second-order valence-corrected chi connectivity index (χ2v) is 10.7. The predicted octanol–water partition coefficient (Wildman–Crippen LogP) is 5.80. The van der Waals surface area contributed by atoms with E-state index >= 15 is 0 Å². The van der Waals surface area contributed by atoms with Crippen LogP contribution in [0.15, 0.2) is 46.1 Å². The Hall–Kier alpha value is -2.44. The molecule has 4 rings (SSSR count). The fraction of sp³-hybridized carbons (Fsp3) is 0.333. The van der Waals surface area contributed by atoms with Crippen LogP contribution in [0.2, 0.25) is 0 Å². The number of nitrogens with one attached hydrogen (secondary N) is 2. The summed E-state index contributed by atoms with van der Waals surface area (Å²) in [5.41, 5.74) is -1.31. The molecule has 2 heterocycles. The fourth-order valence-electron chi connectivity index (χ4n) is 3.75. The van der Waals surface area contributed by atoms with Gasteiger partial charge in [0.05, 0.1) is 16.7 Å². The quantitative estimate of drug-likeness (QED) is 0.309. The van der Waals surface area contributed by atoms with Crippen molar-refractivity contribution in [1.29, 1.82) is 0 Å². The van der Waals surface area contributed by atoms with Gasteiger partial charge in [-0.1, -0.05) is 48.1 Å². The molecule has 2 N–H and O–H groups in total. The van der Waals surface area contributed by atoms with E-state index in [1.54, 1.807) is 11.3 Å². The molecule has 1 aliphatic rings. The van der Waals surface area contributed by atoms with E-state index < -0.39 is 23.1 Å². The molecule has 1 saturated carbocycles. The van der Waals surface area contributed by atoms with Crippen LogP contribution in [-0.2, 0) is 21.2 Å². The van der Waals surface area contributed by atoms with Gasteiger partial charge in [0.2, 0.25) is 16.9 Å². The first-order valence-corrected chi connectivity index (χ1v) is 12.7. The molecule has 0 radical (unpaired) electrons. The van der Waals surface area contributed by atoms with Crippen LogP contribution >= 0.6 is 34.4 Å². The van der Waals surface area contributed by atoms with Crippen LogP contribution in [0.1, 0.15) is 36.1 Å². The summed E-state index contributed by atoms with van der Waals surface area (Å²) in [5, 5.41) is 15.6. The van der Waals surface area contributed by atoms with E-state index in [0.717, 1.165) is 65.8 Å². The Balaban J connectivity index is 1.33. The lowest BCUT2D eigenvalue weighted by Gasteiger charge is -2.25. The molecule has 0 saturated heterocycles. The third kappa shape index (κ3) is 5.56. The van der Waals surface area contributed by atoms with Crippen molar-refractivity contribution < 1.29 is 22.8 Å². The first-order chi connectivity index (χ1) is 15.8. The number of thioether (sulfide) groups is 1. The van der Waals surface area contributed by atoms with Crippen LogP contribution in [0, 0.1) is 0 Å². The topological polar surface area (TPSA) is 84.0 Å². The van der Waals surface area contributed by atoms with Gasteiger partial charge in [-0.15, -0.1) is 21.5 Å². The number of thiophene rings is 1. The Bertz CT molecular complexity index is 1130. The summed E-state index contributed by atoms with van der Waals surface area (Å²) in [7, 11) is 0. The van der Waals surface area contributed by atoms with Crippen LogP contribution in [0.4, 0.5) is 24.0 Å². The number of hydrogen-bond acceptors (Lipinski definition) is 7. The molecule has 12 heteroatoms. The monoisotopic (exact) mass is 512 g/mol. The smallest absolute Gasteiger partial charge is 0.325 e. The van der Waals surface area contributed by atoms with E-state index in [4.69, 9.17) is 0 Å². The molecule has 1 fully saturated rings. The average molecular weight is 513 g/mol. The number of carbonyl (C=O) groups excluding carboxylic acids is 2. The number of alkyl halides is 3. The fourth-order valence-corrected chi connectivity index (χ4v) is 6.28. The normalized spacial score (nSPS) is 15.4. The van der Waals surface area contributed by atoms with Gasteiger partial charge in [0.1, 0.15) is 0 Å². The molecule has 3 aromatic rings. The summed E-state index contributed by atoms with van der Waals surface area (Å²) in [6.07, 6.45) is -0.929. The van der Waals surface area contributed by atoms with Crippen LogP contribution in [-0.4, -0.2) is 27.8 Å². The standard InChI is InChI=1S/C21H19F3N4O2S3/c22-21(23,24)13-5-3-6-14(11-13)25-16(29)12-32-19-28-27-18(33-19)26-17(30)20(8-1-2-9-20)15-7-4-10-31-15/h3-7,10-11H,1-2,8-9,12H2,(H,25,29)(H,26,27,30). The molecule has 0 bridgehead atoms. The van der Waals surface area contributed by atoms with Gasteiger partial charge >= 0.3 is 6.18 Å². The zero-order valence-corrected chi connectivity index (χ0v) is 19.6. The summed E-state index contributed by atoms with van der Waals surface area (Å²) >= 11 is 3.82. The molecular formula is C21H19F3N4O2S3. The number of nitrogens with zero attached hydrogens (tertiary/aromatic N) is 2. The third-order valence-corrected chi connectivity index (χ3v) is 8.36. The Kier molecular flexibility index (Phi) is 7.05. The molecule has 2 aromatic heterocycles. The highest BCUT2D eigenvalue weighted by atomic mass is 32.2. The van der Waals surface area contributed by atoms with Gasteiger partial charge in [0.15, 0.2) is 4.34 Å². The number of amides is 2. The molecular weight excluding hydrogens is 493 g/mol. The number of aromatic nitrogens is 2. The van der Waals surface area contributed by atoms with Gasteiger partial charge < -0.3 is 5.32 Å². The zero-order valence-electron chi connectivity index (χ0n) is 17.1. The maximum Gasteiger partial charge on any atom is 0.416 e. The van der Waals surface area contributed by atoms with Gasteiger partial charge in [0.25, 0.3) is 0 Å². The van der Waals surface area contributed by atoms with E-state index in [1.807, 2.05) is 17.5 Å². The lowest BCUT2D eigenvalue weighted by molar-refractivity contribution is -0.137. The number of carbonyl (C=O) groups is 2. The van der Waals surface area contributed by atoms with Crippen molar-refractivity contribution in [2.24, 2.45) is 0 Å². The van der Waals surface area contributed by atoms with Crippen molar-refractivity contribution in [2.45, 2.75) is 41.6 Å². The van der Waals surface area contributed by atoms with Crippen molar-refractivity contribution in [1.82, 2.24) is 10.2 Å². The SMILES string of the molecule is O=C(CSc1nnc(NC(=O)C2(c3cccs3)CCCC2)s1)Nc1cccc(C(F)(F)F)c1. The lowest BCUT2D eigenvalue weighted by atomic mass is 9.83. The second-order valence-electron chi connectivity index (χ2n) is 7.51. The summed E-state index contributed by atoms with van der Waals surface area (Å²) < 4.78 is 38.9. The minimum absolute atomic E-state index is 0.0576. The van der Waals surface area contributed by atoms with Gasteiger partial charge in [-0.2, -0.15) is 13.2 Å². The van der Waals surface area contributed by atoms with Crippen LogP contribution in [0.3, 0.4) is 0 Å². The Labute approximate surface area is 200 Å². The maximum absolute atomic E-state index is 13.1. The molecule has 1 aromatic carbocycles. The molecule has 6 nitrogen and oxygen atoms in total. The minimum Gasteiger partial charge on any atom is -0.325 e. The lowest BCUT2D eigenvalue weighted by Crippen LogP contribution is -2.37. The summed E-state index contributed by atoms with van der Waals surface area (Å²) in [4.78, 5) is 26.3. The molecule has 0 aliphatic heterocycles. The molecule has 0 unspecified atom stereocenters. The van der Waals surface area contributed by atoms with Gasteiger partial charge in [0, 0.05) is 10.6 Å². The average Bonchev–Trinajstić information content (AvgIpc) is 3.53. The number of anilines is 2. The van der Waals surface area contributed by atoms with Gasteiger partial charge in [-0.3, -0.25) is 14.9 Å². The predicted molar refractivity (Wildman–Crippen MR) is 124 cm³/mol. The molecule has 2 amide bonds. The second kappa shape index (κ2) is 9.82. The van der Waals surface area contributed by atoms with Crippen molar-refractivity contribution in [3.05, 3.63) is 52.2 Å².